The number of anilines is 2. The Hall–Kier alpha value is -2.84. The van der Waals surface area contributed by atoms with Crippen molar-refractivity contribution in [2.45, 2.75) is 12.7 Å². The molecule has 0 saturated carbocycles. The van der Waals surface area contributed by atoms with Gasteiger partial charge in [0.05, 0.1) is 16.1 Å². The number of amides is 1. The fourth-order valence-corrected chi connectivity index (χ4v) is 2.66. The van der Waals surface area contributed by atoms with Crippen LogP contribution in [0.4, 0.5) is 24.7 Å². The number of hydrogen-bond donors (Lipinski definition) is 2. The molecule has 0 radical (unpaired) electrons. The molecule has 0 atom stereocenters. The van der Waals surface area contributed by atoms with Crippen molar-refractivity contribution in [3.05, 3.63) is 82.8 Å². The van der Waals surface area contributed by atoms with Gasteiger partial charge in [-0.1, -0.05) is 11.6 Å². The molecule has 1 amide bonds. The molecule has 3 aromatic rings. The molecule has 2 heterocycles. The summed E-state index contributed by atoms with van der Waals surface area (Å²) in [6.45, 7) is 0.402. The summed E-state index contributed by atoms with van der Waals surface area (Å²) >= 11 is 5.60. The van der Waals surface area contributed by atoms with E-state index in [0.717, 1.165) is 17.7 Å². The van der Waals surface area contributed by atoms with Crippen LogP contribution in [-0.4, -0.2) is 15.9 Å². The maximum absolute atomic E-state index is 13.0. The van der Waals surface area contributed by atoms with Crippen molar-refractivity contribution in [1.82, 2.24) is 9.97 Å². The largest absolute Gasteiger partial charge is 0.417 e. The summed E-state index contributed by atoms with van der Waals surface area (Å²) in [6.07, 6.45) is 0.169. The van der Waals surface area contributed by atoms with E-state index >= 15 is 0 Å². The van der Waals surface area contributed by atoms with E-state index in [-0.39, 0.29) is 23.7 Å². The molecule has 0 aliphatic rings. The topological polar surface area (TPSA) is 66.9 Å². The smallest absolute Gasteiger partial charge is 0.365 e. The van der Waals surface area contributed by atoms with Gasteiger partial charge in [-0.05, 0) is 48.0 Å². The summed E-state index contributed by atoms with van der Waals surface area (Å²) < 4.78 is 39.0. The first-order chi connectivity index (χ1) is 13.3. The van der Waals surface area contributed by atoms with Crippen LogP contribution in [0.2, 0.25) is 5.02 Å². The second-order valence-corrected chi connectivity index (χ2v) is 6.16. The molecule has 0 aliphatic heterocycles. The lowest BCUT2D eigenvalue weighted by atomic mass is 10.1. The van der Waals surface area contributed by atoms with Crippen LogP contribution in [0.25, 0.3) is 0 Å². The van der Waals surface area contributed by atoms with Crippen molar-refractivity contribution < 1.29 is 18.0 Å². The third-order valence-corrected chi connectivity index (χ3v) is 4.12. The molecule has 2 N–H and O–H groups in total. The predicted molar refractivity (Wildman–Crippen MR) is 107 cm³/mol. The SMILES string of the molecule is Cl.O=C(Nc1ccc(Cl)c(C(F)(F)F)c1)c1cccnc1NCc1ccncc1. The van der Waals surface area contributed by atoms with E-state index in [0.29, 0.717) is 12.4 Å². The Labute approximate surface area is 175 Å². The fourth-order valence-electron chi connectivity index (χ4n) is 2.43. The molecule has 10 heteroatoms. The molecule has 0 spiro atoms. The minimum absolute atomic E-state index is 0. The highest BCUT2D eigenvalue weighted by Crippen LogP contribution is 2.36. The summed E-state index contributed by atoms with van der Waals surface area (Å²) in [5.74, 6) is -0.289. The third kappa shape index (κ3) is 5.82. The molecule has 1 aromatic carbocycles. The average molecular weight is 443 g/mol. The van der Waals surface area contributed by atoms with Crippen LogP contribution in [0, 0.1) is 0 Å². The van der Waals surface area contributed by atoms with Gasteiger partial charge in [0, 0.05) is 30.8 Å². The van der Waals surface area contributed by atoms with Gasteiger partial charge in [0.25, 0.3) is 5.91 Å². The molecular weight excluding hydrogens is 428 g/mol. The van der Waals surface area contributed by atoms with Gasteiger partial charge in [-0.2, -0.15) is 13.2 Å². The highest BCUT2D eigenvalue weighted by molar-refractivity contribution is 6.31. The van der Waals surface area contributed by atoms with Crippen LogP contribution in [-0.2, 0) is 12.7 Å². The number of halogens is 5. The Morgan fingerprint density at radius 2 is 1.79 bits per heavy atom. The van der Waals surface area contributed by atoms with Gasteiger partial charge in [0.15, 0.2) is 0 Å². The lowest BCUT2D eigenvalue weighted by Crippen LogP contribution is -2.16. The Morgan fingerprint density at radius 1 is 1.07 bits per heavy atom. The number of carbonyl (C=O) groups is 1. The van der Waals surface area contributed by atoms with Gasteiger partial charge in [-0.25, -0.2) is 4.98 Å². The maximum Gasteiger partial charge on any atom is 0.417 e. The van der Waals surface area contributed by atoms with Gasteiger partial charge in [0.2, 0.25) is 0 Å². The summed E-state index contributed by atoms with van der Waals surface area (Å²) in [5.41, 5.74) is 0.0828. The third-order valence-electron chi connectivity index (χ3n) is 3.79. The molecular formula is C19H15Cl2F3N4O. The Balaban J connectivity index is 0.00000300. The molecule has 3 rings (SSSR count). The lowest BCUT2D eigenvalue weighted by Gasteiger charge is -2.13. The molecule has 152 valence electrons. The highest BCUT2D eigenvalue weighted by atomic mass is 35.5. The Kier molecular flexibility index (Phi) is 7.41. The van der Waals surface area contributed by atoms with Crippen LogP contribution in [0.1, 0.15) is 21.5 Å². The first-order valence-corrected chi connectivity index (χ1v) is 8.48. The zero-order valence-electron chi connectivity index (χ0n) is 14.7. The zero-order chi connectivity index (χ0) is 20.1. The van der Waals surface area contributed by atoms with Crippen LogP contribution >= 0.6 is 24.0 Å². The first kappa shape index (κ1) is 22.4. The van der Waals surface area contributed by atoms with Crippen molar-refractivity contribution in [1.29, 1.82) is 0 Å². The lowest BCUT2D eigenvalue weighted by molar-refractivity contribution is -0.137. The van der Waals surface area contributed by atoms with Crippen molar-refractivity contribution in [3.8, 4) is 0 Å². The summed E-state index contributed by atoms with van der Waals surface area (Å²) in [6, 6.07) is 9.89. The number of benzene rings is 1. The van der Waals surface area contributed by atoms with Crippen LogP contribution < -0.4 is 10.6 Å². The summed E-state index contributed by atoms with van der Waals surface area (Å²) in [4.78, 5) is 20.6. The molecule has 0 bridgehead atoms. The Morgan fingerprint density at radius 3 is 2.48 bits per heavy atom. The van der Waals surface area contributed by atoms with E-state index in [1.807, 2.05) is 12.1 Å². The van der Waals surface area contributed by atoms with Crippen molar-refractivity contribution in [2.24, 2.45) is 0 Å². The number of pyridine rings is 2. The van der Waals surface area contributed by atoms with Gasteiger partial charge < -0.3 is 10.6 Å². The standard InChI is InChI=1S/C19H14ClF3N4O.ClH/c20-16-4-3-13(10-15(16)19(21,22)23)27-18(28)14-2-1-7-25-17(14)26-11-12-5-8-24-9-6-12;/h1-10H,11H2,(H,25,26)(H,27,28);1H. The van der Waals surface area contributed by atoms with Gasteiger partial charge in [-0.15, -0.1) is 12.4 Å². The maximum atomic E-state index is 13.0. The van der Waals surface area contributed by atoms with E-state index in [2.05, 4.69) is 20.6 Å². The number of rotatable bonds is 5. The molecule has 29 heavy (non-hydrogen) atoms. The van der Waals surface area contributed by atoms with Crippen molar-refractivity contribution in [3.63, 3.8) is 0 Å². The number of nitrogens with one attached hydrogen (secondary N) is 2. The van der Waals surface area contributed by atoms with Crippen LogP contribution in [0.3, 0.4) is 0 Å². The van der Waals surface area contributed by atoms with E-state index in [9.17, 15) is 18.0 Å². The second kappa shape index (κ2) is 9.58. The number of hydrogen-bond acceptors (Lipinski definition) is 4. The highest BCUT2D eigenvalue weighted by Gasteiger charge is 2.33. The molecule has 0 fully saturated rings. The van der Waals surface area contributed by atoms with Crippen molar-refractivity contribution in [2.75, 3.05) is 10.6 Å². The summed E-state index contributed by atoms with van der Waals surface area (Å²) in [7, 11) is 0. The van der Waals surface area contributed by atoms with Crippen LogP contribution in [0.15, 0.2) is 61.1 Å². The molecule has 5 nitrogen and oxygen atoms in total. The normalized spacial score (nSPS) is 10.8. The number of nitrogens with zero attached hydrogens (tertiary/aromatic N) is 2. The minimum Gasteiger partial charge on any atom is -0.365 e. The average Bonchev–Trinajstić information content (AvgIpc) is 2.68. The van der Waals surface area contributed by atoms with Crippen LogP contribution in [0.5, 0.6) is 0 Å². The zero-order valence-corrected chi connectivity index (χ0v) is 16.3. The molecule has 2 aromatic heterocycles. The molecule has 0 saturated heterocycles. The minimum atomic E-state index is -4.62. The van der Waals surface area contributed by atoms with Gasteiger partial charge in [0.1, 0.15) is 5.82 Å². The second-order valence-electron chi connectivity index (χ2n) is 5.76. The Bertz CT molecular complexity index is 985. The number of alkyl halides is 3. The van der Waals surface area contributed by atoms with E-state index in [1.54, 1.807) is 18.5 Å². The van der Waals surface area contributed by atoms with E-state index in [1.165, 1.54) is 18.3 Å². The fraction of sp³-hybridized carbons (Fsp3) is 0.105. The monoisotopic (exact) mass is 442 g/mol. The number of carbonyl (C=O) groups excluding carboxylic acids is 1. The number of aromatic nitrogens is 2. The van der Waals surface area contributed by atoms with Gasteiger partial charge >= 0.3 is 6.18 Å². The molecule has 0 unspecified atom stereocenters. The summed E-state index contributed by atoms with van der Waals surface area (Å²) in [5, 5.41) is 5.05. The van der Waals surface area contributed by atoms with Crippen molar-refractivity contribution >= 4 is 41.4 Å². The predicted octanol–water partition coefficient (Wildman–Crippen LogP) is 5.44. The molecule has 0 aliphatic carbocycles. The van der Waals surface area contributed by atoms with Gasteiger partial charge in [-0.3, -0.25) is 9.78 Å². The first-order valence-electron chi connectivity index (χ1n) is 8.10. The van der Waals surface area contributed by atoms with E-state index < -0.39 is 22.7 Å². The quantitative estimate of drug-likeness (QED) is 0.552. The van der Waals surface area contributed by atoms with E-state index in [4.69, 9.17) is 11.6 Å².